The monoisotopic (exact) mass is 628 g/mol. The van der Waals surface area contributed by atoms with Gasteiger partial charge in [0.15, 0.2) is 0 Å². The van der Waals surface area contributed by atoms with Crippen LogP contribution in [0.3, 0.4) is 0 Å². The summed E-state index contributed by atoms with van der Waals surface area (Å²) >= 11 is 0. The summed E-state index contributed by atoms with van der Waals surface area (Å²) in [5.74, 6) is 0. The molecule has 40 heavy (non-hydrogen) atoms. The van der Waals surface area contributed by atoms with Crippen LogP contribution >= 0.6 is 15.1 Å². The Morgan fingerprint density at radius 1 is 0.300 bits per heavy atom. The first-order valence-corrected chi connectivity index (χ1v) is 21.7. The van der Waals surface area contributed by atoms with E-state index in [9.17, 15) is 25.2 Å². The van der Waals surface area contributed by atoms with E-state index in [0.717, 1.165) is 0 Å². The van der Waals surface area contributed by atoms with Gasteiger partial charge in [-0.2, -0.15) is 0 Å². The van der Waals surface area contributed by atoms with Crippen LogP contribution < -0.4 is 0 Å². The maximum absolute atomic E-state index is 10.7. The zero-order valence-electron chi connectivity index (χ0n) is 27.0. The van der Waals surface area contributed by atoms with Crippen molar-refractivity contribution in [3.8, 4) is 0 Å². The molecule has 248 valence electrons. The van der Waals surface area contributed by atoms with Crippen molar-refractivity contribution in [3.63, 3.8) is 0 Å². The van der Waals surface area contributed by atoms with Gasteiger partial charge in [0.05, 0.1) is 24.6 Å². The van der Waals surface area contributed by atoms with E-state index < -0.39 is 15.1 Å². The molecular weight excluding hydrogens is 560 g/mol. The van der Waals surface area contributed by atoms with E-state index in [2.05, 4.69) is 27.7 Å². The van der Waals surface area contributed by atoms with Crippen LogP contribution in [-0.4, -0.2) is 24.6 Å². The SMILES string of the molecule is CCCCCCCC[P+](CCCCCCCC)(CCCCCCCC)CCCCCCCC.F[P-](F)(F)(F)(F)F. The van der Waals surface area contributed by atoms with Crippen molar-refractivity contribution in [2.45, 2.75) is 182 Å². The standard InChI is InChI=1S/C32H68P.F6P/c1-5-9-13-17-21-25-29-33(30-26-22-18-14-10-6-2,31-27-23-19-15-11-7-3)32-28-24-20-16-12-8-4;1-7(2,3,4,5)6/h5-32H2,1-4H3;/q+1;-1. The van der Waals surface area contributed by atoms with Gasteiger partial charge >= 0.3 is 33.0 Å². The third-order valence-corrected chi connectivity index (χ3v) is 13.0. The fraction of sp³-hybridized carbons (Fsp3) is 1.00. The number of halogens is 6. The molecule has 8 heteroatoms. The summed E-state index contributed by atoms with van der Waals surface area (Å²) in [6.45, 7) is 9.38. The first-order valence-electron chi connectivity index (χ1n) is 17.1. The minimum atomic E-state index is -10.7. The molecule has 0 aliphatic rings. The Hall–Kier alpha value is 0.440. The van der Waals surface area contributed by atoms with Gasteiger partial charge in [-0.25, -0.2) is 0 Å². The van der Waals surface area contributed by atoms with Crippen LogP contribution in [-0.2, 0) is 0 Å². The van der Waals surface area contributed by atoms with Crippen molar-refractivity contribution in [1.82, 2.24) is 0 Å². The summed E-state index contributed by atoms with van der Waals surface area (Å²) in [4.78, 5) is 0. The maximum atomic E-state index is 9.87. The predicted octanol–water partition coefficient (Wildman–Crippen LogP) is 15.8. The normalized spacial score (nSPS) is 13.9. The van der Waals surface area contributed by atoms with Crippen molar-refractivity contribution in [2.24, 2.45) is 0 Å². The van der Waals surface area contributed by atoms with Crippen LogP contribution in [0, 0.1) is 0 Å². The average molecular weight is 629 g/mol. The topological polar surface area (TPSA) is 0 Å². The molecule has 0 aliphatic carbocycles. The van der Waals surface area contributed by atoms with E-state index in [1.54, 1.807) is 50.3 Å². The number of rotatable bonds is 28. The van der Waals surface area contributed by atoms with Crippen molar-refractivity contribution in [1.29, 1.82) is 0 Å². The summed E-state index contributed by atoms with van der Waals surface area (Å²) in [6, 6.07) is 0. The molecule has 0 aromatic heterocycles. The molecule has 0 radical (unpaired) electrons. The minimum absolute atomic E-state index is 0.718. The first-order chi connectivity index (χ1) is 18.7. The van der Waals surface area contributed by atoms with Gasteiger partial charge < -0.3 is 0 Å². The molecule has 0 amide bonds. The molecule has 0 atom stereocenters. The molecule has 0 aromatic rings. The van der Waals surface area contributed by atoms with Gasteiger partial charge in [-0.15, -0.1) is 0 Å². The van der Waals surface area contributed by atoms with Crippen molar-refractivity contribution < 1.29 is 25.2 Å². The summed E-state index contributed by atoms with van der Waals surface area (Å²) in [5, 5.41) is 0. The zero-order valence-corrected chi connectivity index (χ0v) is 28.8. The molecule has 0 heterocycles. The molecule has 0 spiro atoms. The van der Waals surface area contributed by atoms with E-state index in [1.165, 1.54) is 128 Å². The third-order valence-electron chi connectivity index (χ3n) is 7.94. The summed E-state index contributed by atoms with van der Waals surface area (Å²) < 4.78 is 59.2. The first kappa shape index (κ1) is 42.6. The third kappa shape index (κ3) is 40.6. The molecule has 0 aromatic carbocycles. The van der Waals surface area contributed by atoms with Gasteiger partial charge in [0.1, 0.15) is 0 Å². The van der Waals surface area contributed by atoms with E-state index in [-0.39, 0.29) is 0 Å². The van der Waals surface area contributed by atoms with Gasteiger partial charge in [0.25, 0.3) is 0 Å². The molecule has 0 unspecified atom stereocenters. The van der Waals surface area contributed by atoms with Crippen LogP contribution in [0.1, 0.15) is 182 Å². The van der Waals surface area contributed by atoms with Crippen LogP contribution in [0.25, 0.3) is 0 Å². The molecule has 0 aliphatic heterocycles. The molecule has 0 saturated heterocycles. The van der Waals surface area contributed by atoms with E-state index in [1.807, 2.05) is 0 Å². The van der Waals surface area contributed by atoms with Crippen LogP contribution in [0.2, 0.25) is 0 Å². The fourth-order valence-corrected chi connectivity index (χ4v) is 10.5. The van der Waals surface area contributed by atoms with Crippen LogP contribution in [0.4, 0.5) is 25.2 Å². The Morgan fingerprint density at radius 3 is 0.625 bits per heavy atom. The molecule has 0 rings (SSSR count). The summed E-state index contributed by atoms with van der Waals surface area (Å²) in [6.07, 6.45) is 42.1. The fourth-order valence-electron chi connectivity index (χ4n) is 5.58. The number of unbranched alkanes of at least 4 members (excludes halogenated alkanes) is 20. The van der Waals surface area contributed by atoms with E-state index in [4.69, 9.17) is 0 Å². The second-order valence-electron chi connectivity index (χ2n) is 12.3. The second kappa shape index (κ2) is 23.8. The quantitative estimate of drug-likeness (QED) is 0.0459. The van der Waals surface area contributed by atoms with Crippen LogP contribution in [0.15, 0.2) is 0 Å². The van der Waals surface area contributed by atoms with Crippen LogP contribution in [0.5, 0.6) is 0 Å². The molecular formula is C32H68F6P2. The summed E-state index contributed by atoms with van der Waals surface area (Å²) in [5.41, 5.74) is 0. The number of hydrogen-bond acceptors (Lipinski definition) is 0. The predicted molar refractivity (Wildman–Crippen MR) is 173 cm³/mol. The molecule has 0 bridgehead atoms. The zero-order chi connectivity index (χ0) is 30.7. The Balaban J connectivity index is 0. The van der Waals surface area contributed by atoms with E-state index >= 15 is 0 Å². The molecule has 0 saturated carbocycles. The van der Waals surface area contributed by atoms with Crippen molar-refractivity contribution >= 4 is 15.1 Å². The van der Waals surface area contributed by atoms with Crippen molar-refractivity contribution in [3.05, 3.63) is 0 Å². The second-order valence-corrected chi connectivity index (χ2v) is 18.7. The Kier molecular flexibility index (Phi) is 25.4. The number of hydrogen-bond donors (Lipinski definition) is 0. The molecule has 0 N–H and O–H groups in total. The Bertz CT molecular complexity index is 455. The summed E-state index contributed by atoms with van der Waals surface area (Å²) in [7, 11) is -11.4. The van der Waals surface area contributed by atoms with Gasteiger partial charge in [0, 0.05) is 7.26 Å². The van der Waals surface area contributed by atoms with Crippen molar-refractivity contribution in [2.75, 3.05) is 24.6 Å². The Labute approximate surface area is 246 Å². The molecule has 0 nitrogen and oxygen atoms in total. The van der Waals surface area contributed by atoms with E-state index in [0.29, 0.717) is 0 Å². The van der Waals surface area contributed by atoms with Gasteiger partial charge in [0.2, 0.25) is 0 Å². The molecule has 0 fully saturated rings. The van der Waals surface area contributed by atoms with Gasteiger partial charge in [-0.05, 0) is 51.4 Å². The average Bonchev–Trinajstić information content (AvgIpc) is 2.85. The Morgan fingerprint density at radius 2 is 0.450 bits per heavy atom. The van der Waals surface area contributed by atoms with Gasteiger partial charge in [-0.3, -0.25) is 0 Å². The van der Waals surface area contributed by atoms with Gasteiger partial charge in [-0.1, -0.05) is 130 Å².